The standard InChI is InChI=1S/C27H30O5Si/c1-27(2,3)33(4,5)32-25-21(17-19-14-10-7-11-15-19)20(16-18-12-8-6-9-13-18)23(28)22(24(25)29)26(30)31/h6-17,28-29H,1-5H3,(H,30,31). The van der Waals surface area contributed by atoms with Gasteiger partial charge >= 0.3 is 5.97 Å². The van der Waals surface area contributed by atoms with Gasteiger partial charge in [0.15, 0.2) is 11.5 Å². The first kappa shape index (κ1) is 24.1. The summed E-state index contributed by atoms with van der Waals surface area (Å²) in [7, 11) is -2.48. The van der Waals surface area contributed by atoms with E-state index in [2.05, 4.69) is 20.8 Å². The summed E-state index contributed by atoms with van der Waals surface area (Å²) in [4.78, 5) is 12.0. The smallest absolute Gasteiger partial charge is 0.343 e. The molecule has 0 radical (unpaired) electrons. The van der Waals surface area contributed by atoms with Gasteiger partial charge in [-0.15, -0.1) is 0 Å². The molecule has 0 saturated heterocycles. The third-order valence-electron chi connectivity index (χ3n) is 6.08. The molecule has 3 rings (SSSR count). The van der Waals surface area contributed by atoms with Gasteiger partial charge in [0.2, 0.25) is 0 Å². The number of phenols is 2. The third kappa shape index (κ3) is 5.12. The zero-order valence-corrected chi connectivity index (χ0v) is 20.6. The maximum atomic E-state index is 12.0. The molecule has 0 amide bonds. The summed E-state index contributed by atoms with van der Waals surface area (Å²) in [6.07, 6.45) is 3.50. The van der Waals surface area contributed by atoms with Crippen LogP contribution in [0.5, 0.6) is 17.2 Å². The van der Waals surface area contributed by atoms with Crippen molar-refractivity contribution >= 4 is 26.4 Å². The molecule has 5 nitrogen and oxygen atoms in total. The number of carboxylic acids is 1. The van der Waals surface area contributed by atoms with Crippen molar-refractivity contribution in [2.75, 3.05) is 0 Å². The first-order valence-electron chi connectivity index (χ1n) is 10.8. The van der Waals surface area contributed by atoms with E-state index in [1.165, 1.54) is 0 Å². The Hall–Kier alpha value is -3.51. The average molecular weight is 463 g/mol. The number of hydrogen-bond donors (Lipinski definition) is 3. The van der Waals surface area contributed by atoms with Crippen LogP contribution < -0.4 is 14.9 Å². The summed E-state index contributed by atoms with van der Waals surface area (Å²) in [5.41, 5.74) is 1.02. The summed E-state index contributed by atoms with van der Waals surface area (Å²) in [6, 6.07) is 18.7. The molecule has 172 valence electrons. The molecule has 0 heterocycles. The molecule has 33 heavy (non-hydrogen) atoms. The Balaban J connectivity index is 2.51. The van der Waals surface area contributed by atoms with Crippen molar-refractivity contribution in [3.8, 4) is 17.2 Å². The zero-order chi connectivity index (χ0) is 24.4. The fourth-order valence-electron chi connectivity index (χ4n) is 3.17. The van der Waals surface area contributed by atoms with Crippen molar-refractivity contribution in [1.29, 1.82) is 0 Å². The zero-order valence-electron chi connectivity index (χ0n) is 19.6. The van der Waals surface area contributed by atoms with E-state index >= 15 is 0 Å². The molecule has 0 bridgehead atoms. The minimum Gasteiger partial charge on any atom is -0.541 e. The van der Waals surface area contributed by atoms with Gasteiger partial charge in [-0.3, -0.25) is 0 Å². The Morgan fingerprint density at radius 3 is 1.70 bits per heavy atom. The van der Waals surface area contributed by atoms with E-state index < -0.39 is 31.3 Å². The van der Waals surface area contributed by atoms with E-state index in [1.54, 1.807) is 12.2 Å². The lowest BCUT2D eigenvalue weighted by atomic mass is 10.0. The van der Waals surface area contributed by atoms with Crippen molar-refractivity contribution in [2.45, 2.75) is 38.9 Å². The van der Waals surface area contributed by atoms with Gasteiger partial charge in [-0.25, -0.2) is 4.79 Å². The number of aromatic hydroxyl groups is 2. The van der Waals surface area contributed by atoms with Crippen LogP contribution in [0.2, 0.25) is 18.1 Å². The first-order valence-corrected chi connectivity index (χ1v) is 13.7. The second-order valence-electron chi connectivity index (χ2n) is 9.51. The van der Waals surface area contributed by atoms with Gasteiger partial charge in [0, 0.05) is 10.4 Å². The quantitative estimate of drug-likeness (QED) is 0.473. The van der Waals surface area contributed by atoms with Gasteiger partial charge in [0.1, 0.15) is 11.3 Å². The highest BCUT2D eigenvalue weighted by molar-refractivity contribution is 6.74. The Morgan fingerprint density at radius 2 is 1.27 bits per heavy atom. The molecule has 0 aliphatic heterocycles. The molecule has 3 aromatic rings. The summed E-state index contributed by atoms with van der Waals surface area (Å²) >= 11 is 0. The largest absolute Gasteiger partial charge is 0.541 e. The van der Waals surface area contributed by atoms with Crippen LogP contribution in [-0.2, 0) is 0 Å². The van der Waals surface area contributed by atoms with Crippen molar-refractivity contribution < 1.29 is 24.5 Å². The Labute approximate surface area is 195 Å². The number of rotatable bonds is 5. The maximum absolute atomic E-state index is 12.0. The van der Waals surface area contributed by atoms with Gasteiger partial charge in [-0.2, -0.15) is 0 Å². The van der Waals surface area contributed by atoms with Gasteiger partial charge in [0.25, 0.3) is 8.32 Å². The molecule has 0 atom stereocenters. The average Bonchev–Trinajstić information content (AvgIpc) is 2.74. The van der Waals surface area contributed by atoms with Crippen LogP contribution in [0.25, 0.3) is 12.2 Å². The second-order valence-corrected chi connectivity index (χ2v) is 14.2. The SMILES string of the molecule is CC(C)(C)[Si](C)(C)Oc1c(O)c(C(=O)O)c(O)c(=Cc2ccccc2)c1=Cc1ccccc1. The van der Waals surface area contributed by atoms with E-state index in [1.807, 2.05) is 73.8 Å². The fourth-order valence-corrected chi connectivity index (χ4v) is 4.20. The number of carbonyl (C=O) groups is 1. The topological polar surface area (TPSA) is 87.0 Å². The molecule has 3 N–H and O–H groups in total. The lowest BCUT2D eigenvalue weighted by Gasteiger charge is -2.37. The van der Waals surface area contributed by atoms with Crippen molar-refractivity contribution in [3.63, 3.8) is 0 Å². The third-order valence-corrected chi connectivity index (χ3v) is 10.4. The van der Waals surface area contributed by atoms with E-state index in [0.717, 1.165) is 11.1 Å². The van der Waals surface area contributed by atoms with Gasteiger partial charge in [-0.1, -0.05) is 81.4 Å². The van der Waals surface area contributed by atoms with Crippen molar-refractivity contribution in [2.24, 2.45) is 0 Å². The first-order chi connectivity index (χ1) is 15.4. The second kappa shape index (κ2) is 9.15. The highest BCUT2D eigenvalue weighted by atomic mass is 28.4. The van der Waals surface area contributed by atoms with Crippen LogP contribution >= 0.6 is 0 Å². The molecule has 0 saturated carbocycles. The van der Waals surface area contributed by atoms with Crippen LogP contribution in [0.1, 0.15) is 42.3 Å². The lowest BCUT2D eigenvalue weighted by Crippen LogP contribution is -2.46. The summed E-state index contributed by atoms with van der Waals surface area (Å²) in [6.45, 7) is 10.2. The lowest BCUT2D eigenvalue weighted by molar-refractivity contribution is 0.0689. The highest BCUT2D eigenvalue weighted by Gasteiger charge is 2.40. The number of hydrogen-bond acceptors (Lipinski definition) is 4. The van der Waals surface area contributed by atoms with E-state index in [-0.39, 0.29) is 16.0 Å². The van der Waals surface area contributed by atoms with Gasteiger partial charge in [-0.05, 0) is 41.4 Å². The number of aromatic carboxylic acids is 1. The molecule has 0 fully saturated rings. The van der Waals surface area contributed by atoms with Gasteiger partial charge in [0.05, 0.1) is 0 Å². The maximum Gasteiger partial charge on any atom is 0.343 e. The van der Waals surface area contributed by atoms with Crippen LogP contribution in [-0.4, -0.2) is 29.6 Å². The van der Waals surface area contributed by atoms with Crippen LogP contribution in [0.4, 0.5) is 0 Å². The van der Waals surface area contributed by atoms with E-state index in [0.29, 0.717) is 5.22 Å². The predicted octanol–water partition coefficient (Wildman–Crippen LogP) is 4.84. The molecule has 0 aromatic heterocycles. The molecule has 0 unspecified atom stereocenters. The molecule has 0 spiro atoms. The molecular formula is C27H30O5Si. The highest BCUT2D eigenvalue weighted by Crippen LogP contribution is 2.40. The van der Waals surface area contributed by atoms with Crippen LogP contribution in [0, 0.1) is 0 Å². The summed E-state index contributed by atoms with van der Waals surface area (Å²) in [5, 5.41) is 32.4. The molecule has 6 heteroatoms. The minimum atomic E-state index is -2.48. The van der Waals surface area contributed by atoms with Crippen molar-refractivity contribution in [3.05, 3.63) is 87.8 Å². The van der Waals surface area contributed by atoms with Crippen molar-refractivity contribution in [1.82, 2.24) is 0 Å². The normalized spacial score (nSPS) is 13.2. The molecule has 0 aliphatic rings. The number of benzene rings is 3. The summed E-state index contributed by atoms with van der Waals surface area (Å²) < 4.78 is 6.49. The van der Waals surface area contributed by atoms with Gasteiger partial charge < -0.3 is 19.7 Å². The van der Waals surface area contributed by atoms with Crippen LogP contribution in [0.15, 0.2) is 60.7 Å². The molecular weight excluding hydrogens is 432 g/mol. The van der Waals surface area contributed by atoms with E-state index in [4.69, 9.17) is 4.43 Å². The molecule has 0 aliphatic carbocycles. The number of carboxylic acid groups (broad SMARTS) is 1. The summed E-state index contributed by atoms with van der Waals surface area (Å²) in [5.74, 6) is -2.44. The Kier molecular flexibility index (Phi) is 6.70. The Bertz CT molecular complexity index is 1270. The predicted molar refractivity (Wildman–Crippen MR) is 134 cm³/mol. The van der Waals surface area contributed by atoms with Crippen LogP contribution in [0.3, 0.4) is 0 Å². The molecule has 3 aromatic carbocycles. The fraction of sp³-hybridized carbons (Fsp3) is 0.222. The van der Waals surface area contributed by atoms with E-state index in [9.17, 15) is 20.1 Å². The monoisotopic (exact) mass is 462 g/mol. The minimum absolute atomic E-state index is 0.0721. The Morgan fingerprint density at radius 1 is 0.818 bits per heavy atom.